The summed E-state index contributed by atoms with van der Waals surface area (Å²) in [5, 5.41) is 0. The van der Waals surface area contributed by atoms with Crippen molar-refractivity contribution in [2.24, 2.45) is 0 Å². The monoisotopic (exact) mass is 252 g/mol. The summed E-state index contributed by atoms with van der Waals surface area (Å²) in [7, 11) is 3.14. The molecule has 0 atom stereocenters. The van der Waals surface area contributed by atoms with Gasteiger partial charge >= 0.3 is 5.97 Å². The lowest BCUT2D eigenvalue weighted by molar-refractivity contribution is -0.148. The number of ether oxygens (including phenoxy) is 3. The molecule has 0 unspecified atom stereocenters. The summed E-state index contributed by atoms with van der Waals surface area (Å²) >= 11 is 0. The van der Waals surface area contributed by atoms with Gasteiger partial charge in [-0.3, -0.25) is 4.79 Å². The second-order valence-electron chi connectivity index (χ2n) is 4.38. The van der Waals surface area contributed by atoms with Gasteiger partial charge in [-0.05, 0) is 32.9 Å². The summed E-state index contributed by atoms with van der Waals surface area (Å²) in [4.78, 5) is 12.1. The first-order valence-electron chi connectivity index (χ1n) is 5.87. The number of esters is 1. The Bertz CT molecular complexity index is 402. The maximum absolute atomic E-state index is 12.1. The first kappa shape index (κ1) is 14.4. The lowest BCUT2D eigenvalue weighted by atomic mass is 9.83. The smallest absolute Gasteiger partial charge is 0.316 e. The van der Waals surface area contributed by atoms with Gasteiger partial charge in [0.25, 0.3) is 0 Å². The highest BCUT2D eigenvalue weighted by Crippen LogP contribution is 2.39. The Morgan fingerprint density at radius 2 is 1.67 bits per heavy atom. The minimum absolute atomic E-state index is 0.298. The van der Waals surface area contributed by atoms with Crippen molar-refractivity contribution < 1.29 is 19.0 Å². The highest BCUT2D eigenvalue weighted by atomic mass is 16.5. The van der Waals surface area contributed by atoms with Crippen LogP contribution in [0, 0.1) is 0 Å². The van der Waals surface area contributed by atoms with Gasteiger partial charge in [0, 0.05) is 0 Å². The molecular formula is C14H20O4. The first-order chi connectivity index (χ1) is 8.48. The van der Waals surface area contributed by atoms with E-state index in [1.54, 1.807) is 47.1 Å². The number of benzene rings is 1. The molecule has 1 rings (SSSR count). The zero-order chi connectivity index (χ0) is 13.8. The van der Waals surface area contributed by atoms with Crippen molar-refractivity contribution in [3.05, 3.63) is 23.8 Å². The number of carbonyl (C=O) groups excluding carboxylic acids is 1. The van der Waals surface area contributed by atoms with Crippen LogP contribution in [0.3, 0.4) is 0 Å². The van der Waals surface area contributed by atoms with E-state index in [1.165, 1.54) is 0 Å². The van der Waals surface area contributed by atoms with Gasteiger partial charge in [0.05, 0.1) is 31.8 Å². The number of methoxy groups -OCH3 is 2. The largest absolute Gasteiger partial charge is 0.496 e. The van der Waals surface area contributed by atoms with E-state index in [2.05, 4.69) is 0 Å². The van der Waals surface area contributed by atoms with Crippen LogP contribution in [0.5, 0.6) is 11.5 Å². The molecule has 0 saturated carbocycles. The molecule has 0 heterocycles. The average molecular weight is 252 g/mol. The van der Waals surface area contributed by atoms with Crippen molar-refractivity contribution in [3.8, 4) is 11.5 Å². The van der Waals surface area contributed by atoms with Crippen molar-refractivity contribution in [1.29, 1.82) is 0 Å². The number of hydrogen-bond acceptors (Lipinski definition) is 4. The van der Waals surface area contributed by atoms with Crippen molar-refractivity contribution in [3.63, 3.8) is 0 Å². The maximum atomic E-state index is 12.1. The van der Waals surface area contributed by atoms with Crippen LogP contribution in [-0.4, -0.2) is 26.8 Å². The molecule has 0 aliphatic rings. The van der Waals surface area contributed by atoms with Crippen LogP contribution in [0.25, 0.3) is 0 Å². The van der Waals surface area contributed by atoms with Gasteiger partial charge in [-0.2, -0.15) is 0 Å². The van der Waals surface area contributed by atoms with E-state index in [1.807, 2.05) is 6.07 Å². The first-order valence-corrected chi connectivity index (χ1v) is 5.87. The molecule has 0 aliphatic heterocycles. The second-order valence-corrected chi connectivity index (χ2v) is 4.38. The third-order valence-corrected chi connectivity index (χ3v) is 2.84. The molecule has 1 aromatic carbocycles. The Labute approximate surface area is 108 Å². The highest BCUT2D eigenvalue weighted by Gasteiger charge is 2.37. The van der Waals surface area contributed by atoms with E-state index in [9.17, 15) is 4.79 Å². The second kappa shape index (κ2) is 5.76. The minimum atomic E-state index is -0.825. The summed E-state index contributed by atoms with van der Waals surface area (Å²) in [5.74, 6) is 0.938. The molecule has 0 amide bonds. The predicted molar refractivity (Wildman–Crippen MR) is 69.2 cm³/mol. The standard InChI is InChI=1S/C14H20O4/c1-6-18-13(15)14(2,3)12-10(16-4)8-7-9-11(12)17-5/h7-9H,6H2,1-5H3. The molecule has 0 N–H and O–H groups in total. The molecule has 0 aromatic heterocycles. The van der Waals surface area contributed by atoms with E-state index in [-0.39, 0.29) is 5.97 Å². The van der Waals surface area contributed by atoms with Gasteiger partial charge in [-0.25, -0.2) is 0 Å². The van der Waals surface area contributed by atoms with Crippen LogP contribution in [0.2, 0.25) is 0 Å². The highest BCUT2D eigenvalue weighted by molar-refractivity contribution is 5.84. The molecule has 0 aliphatic carbocycles. The molecule has 0 spiro atoms. The summed E-state index contributed by atoms with van der Waals surface area (Å²) in [6.07, 6.45) is 0. The van der Waals surface area contributed by atoms with Crippen molar-refractivity contribution in [2.75, 3.05) is 20.8 Å². The third kappa shape index (κ3) is 2.58. The molecule has 18 heavy (non-hydrogen) atoms. The molecule has 0 saturated heterocycles. The van der Waals surface area contributed by atoms with Crippen molar-refractivity contribution in [2.45, 2.75) is 26.2 Å². The number of carbonyl (C=O) groups is 1. The Morgan fingerprint density at radius 1 is 1.17 bits per heavy atom. The molecule has 4 heteroatoms. The quantitative estimate of drug-likeness (QED) is 0.755. The van der Waals surface area contributed by atoms with E-state index in [0.717, 1.165) is 0 Å². The molecule has 0 fully saturated rings. The molecule has 0 radical (unpaired) electrons. The van der Waals surface area contributed by atoms with Crippen LogP contribution < -0.4 is 9.47 Å². The summed E-state index contributed by atoms with van der Waals surface area (Å²) < 4.78 is 15.7. The molecular weight excluding hydrogens is 232 g/mol. The third-order valence-electron chi connectivity index (χ3n) is 2.84. The van der Waals surface area contributed by atoms with Gasteiger partial charge in [-0.15, -0.1) is 0 Å². The molecule has 1 aromatic rings. The Kier molecular flexibility index (Phi) is 4.59. The van der Waals surface area contributed by atoms with Gasteiger partial charge in [0.1, 0.15) is 11.5 Å². The van der Waals surface area contributed by atoms with Crippen molar-refractivity contribution in [1.82, 2.24) is 0 Å². The SMILES string of the molecule is CCOC(=O)C(C)(C)c1c(OC)cccc1OC. The minimum Gasteiger partial charge on any atom is -0.496 e. The lowest BCUT2D eigenvalue weighted by Gasteiger charge is -2.26. The fraction of sp³-hybridized carbons (Fsp3) is 0.500. The van der Waals surface area contributed by atoms with Gasteiger partial charge < -0.3 is 14.2 Å². The van der Waals surface area contributed by atoms with Gasteiger partial charge in [0.2, 0.25) is 0 Å². The Hall–Kier alpha value is -1.71. The fourth-order valence-corrected chi connectivity index (χ4v) is 1.88. The van der Waals surface area contributed by atoms with E-state index in [0.29, 0.717) is 23.7 Å². The number of rotatable bonds is 5. The molecule has 100 valence electrons. The fourth-order valence-electron chi connectivity index (χ4n) is 1.88. The van der Waals surface area contributed by atoms with Crippen LogP contribution in [0.1, 0.15) is 26.3 Å². The Morgan fingerprint density at radius 3 is 2.06 bits per heavy atom. The van der Waals surface area contributed by atoms with Gasteiger partial charge in [-0.1, -0.05) is 6.07 Å². The summed E-state index contributed by atoms with van der Waals surface area (Å²) in [6.45, 7) is 5.73. The summed E-state index contributed by atoms with van der Waals surface area (Å²) in [5.41, 5.74) is -0.123. The lowest BCUT2D eigenvalue weighted by Crippen LogP contribution is -2.32. The summed E-state index contributed by atoms with van der Waals surface area (Å²) in [6, 6.07) is 5.43. The zero-order valence-electron chi connectivity index (χ0n) is 11.6. The van der Waals surface area contributed by atoms with Crippen LogP contribution >= 0.6 is 0 Å². The van der Waals surface area contributed by atoms with Crippen LogP contribution in [0.15, 0.2) is 18.2 Å². The van der Waals surface area contributed by atoms with Crippen LogP contribution in [0.4, 0.5) is 0 Å². The zero-order valence-corrected chi connectivity index (χ0v) is 11.6. The molecule has 0 bridgehead atoms. The van der Waals surface area contributed by atoms with E-state index < -0.39 is 5.41 Å². The van der Waals surface area contributed by atoms with Gasteiger partial charge in [0.15, 0.2) is 0 Å². The normalized spacial score (nSPS) is 10.9. The topological polar surface area (TPSA) is 44.8 Å². The van der Waals surface area contributed by atoms with Crippen molar-refractivity contribution >= 4 is 5.97 Å². The predicted octanol–water partition coefficient (Wildman–Crippen LogP) is 2.54. The average Bonchev–Trinajstić information content (AvgIpc) is 2.37. The van der Waals surface area contributed by atoms with E-state index >= 15 is 0 Å². The Balaban J connectivity index is 3.33. The van der Waals surface area contributed by atoms with E-state index in [4.69, 9.17) is 14.2 Å². The maximum Gasteiger partial charge on any atom is 0.316 e. The number of hydrogen-bond donors (Lipinski definition) is 0. The molecule has 4 nitrogen and oxygen atoms in total. The van der Waals surface area contributed by atoms with Crippen LogP contribution in [-0.2, 0) is 14.9 Å².